The van der Waals surface area contributed by atoms with Gasteiger partial charge in [0.15, 0.2) is 6.61 Å². The molecule has 27 heavy (non-hydrogen) atoms. The molecule has 1 aromatic carbocycles. The fourth-order valence-electron chi connectivity index (χ4n) is 4.18. The number of hydrogen-bond acceptors (Lipinski definition) is 5. The number of nitrogens with zero attached hydrogens (tertiary/aromatic N) is 4. The van der Waals surface area contributed by atoms with Gasteiger partial charge in [0.05, 0.1) is 0 Å². The van der Waals surface area contributed by atoms with Crippen LogP contribution in [0.1, 0.15) is 19.3 Å². The molecule has 2 aromatic rings. The average Bonchev–Trinajstić information content (AvgIpc) is 3.24. The van der Waals surface area contributed by atoms with Crippen LogP contribution in [0.3, 0.4) is 0 Å². The molecule has 1 atom stereocenters. The maximum Gasteiger partial charge on any atom is 0.260 e. The molecule has 2 aliphatic rings. The molecule has 1 amide bonds. The van der Waals surface area contributed by atoms with E-state index in [0.717, 1.165) is 57.1 Å². The van der Waals surface area contributed by atoms with Gasteiger partial charge < -0.3 is 14.5 Å². The van der Waals surface area contributed by atoms with E-state index in [1.165, 1.54) is 0 Å². The summed E-state index contributed by atoms with van der Waals surface area (Å²) in [6.07, 6.45) is 6.99. The molecule has 2 saturated heterocycles. The van der Waals surface area contributed by atoms with Crippen LogP contribution < -0.4 is 9.64 Å². The van der Waals surface area contributed by atoms with Crippen molar-refractivity contribution < 1.29 is 9.53 Å². The Bertz CT molecular complexity index is 732. The van der Waals surface area contributed by atoms with Crippen molar-refractivity contribution in [3.05, 3.63) is 48.8 Å². The summed E-state index contributed by atoms with van der Waals surface area (Å²) in [5, 5.41) is 0. The van der Waals surface area contributed by atoms with Gasteiger partial charge in [0, 0.05) is 38.6 Å². The number of piperidine rings is 1. The molecule has 0 saturated carbocycles. The number of rotatable bonds is 5. The molecular weight excluding hydrogens is 340 g/mol. The minimum Gasteiger partial charge on any atom is -0.484 e. The van der Waals surface area contributed by atoms with E-state index in [1.807, 2.05) is 41.3 Å². The van der Waals surface area contributed by atoms with Crippen LogP contribution in [0.4, 0.5) is 5.95 Å². The monoisotopic (exact) mass is 366 g/mol. The summed E-state index contributed by atoms with van der Waals surface area (Å²) in [5.41, 5.74) is 0. The van der Waals surface area contributed by atoms with Gasteiger partial charge in [0.2, 0.25) is 5.95 Å². The van der Waals surface area contributed by atoms with E-state index < -0.39 is 0 Å². The van der Waals surface area contributed by atoms with Crippen LogP contribution in [-0.4, -0.2) is 53.6 Å². The molecule has 3 heterocycles. The van der Waals surface area contributed by atoms with E-state index in [9.17, 15) is 4.79 Å². The highest BCUT2D eigenvalue weighted by Gasteiger charge is 2.34. The Kier molecular flexibility index (Phi) is 5.51. The number of anilines is 1. The molecular formula is C21H26N4O2. The lowest BCUT2D eigenvalue weighted by Crippen LogP contribution is -2.38. The van der Waals surface area contributed by atoms with Crippen LogP contribution in [0, 0.1) is 11.8 Å². The number of benzene rings is 1. The lowest BCUT2D eigenvalue weighted by molar-refractivity contribution is -0.132. The number of aromatic nitrogens is 2. The average molecular weight is 366 g/mol. The Morgan fingerprint density at radius 1 is 0.963 bits per heavy atom. The number of carbonyl (C=O) groups excluding carboxylic acids is 1. The highest BCUT2D eigenvalue weighted by atomic mass is 16.5. The molecule has 4 rings (SSSR count). The predicted octanol–water partition coefficient (Wildman–Crippen LogP) is 2.62. The summed E-state index contributed by atoms with van der Waals surface area (Å²) in [6.45, 7) is 3.83. The first kappa shape index (κ1) is 17.8. The number of ether oxygens (including phenoxy) is 1. The largest absolute Gasteiger partial charge is 0.484 e. The van der Waals surface area contributed by atoms with Gasteiger partial charge in [-0.25, -0.2) is 9.97 Å². The van der Waals surface area contributed by atoms with Crippen LogP contribution in [0.25, 0.3) is 0 Å². The third-order valence-electron chi connectivity index (χ3n) is 5.72. The second kappa shape index (κ2) is 8.37. The summed E-state index contributed by atoms with van der Waals surface area (Å²) in [5.74, 6) is 2.95. The highest BCUT2D eigenvalue weighted by molar-refractivity contribution is 5.78. The van der Waals surface area contributed by atoms with E-state index in [-0.39, 0.29) is 12.5 Å². The third-order valence-corrected chi connectivity index (χ3v) is 5.72. The molecule has 0 bridgehead atoms. The fraction of sp³-hybridized carbons (Fsp3) is 0.476. The van der Waals surface area contributed by atoms with Crippen LogP contribution in [0.2, 0.25) is 0 Å². The summed E-state index contributed by atoms with van der Waals surface area (Å²) < 4.78 is 5.61. The quantitative estimate of drug-likeness (QED) is 0.814. The summed E-state index contributed by atoms with van der Waals surface area (Å²) in [7, 11) is 0. The Morgan fingerprint density at radius 3 is 2.41 bits per heavy atom. The topological polar surface area (TPSA) is 58.6 Å². The van der Waals surface area contributed by atoms with Crippen LogP contribution in [0.5, 0.6) is 5.75 Å². The smallest absolute Gasteiger partial charge is 0.260 e. The standard InChI is InChI=1S/C21H26N4O2/c26-20(16-27-19-5-2-1-3-6-19)25-14-9-18(15-25)17-7-12-24(13-8-17)21-22-10-4-11-23-21/h1-6,10-11,17-18H,7-9,12-16H2/t18-/m1/s1. The molecule has 0 unspecified atom stereocenters. The normalized spacial score (nSPS) is 20.7. The second-order valence-electron chi connectivity index (χ2n) is 7.36. The van der Waals surface area contributed by atoms with Gasteiger partial charge in [0.25, 0.3) is 5.91 Å². The number of carbonyl (C=O) groups is 1. The third kappa shape index (κ3) is 4.38. The predicted molar refractivity (Wildman–Crippen MR) is 104 cm³/mol. The van der Waals surface area contributed by atoms with Gasteiger partial charge in [-0.05, 0) is 49.3 Å². The molecule has 0 radical (unpaired) electrons. The van der Waals surface area contributed by atoms with Gasteiger partial charge in [-0.3, -0.25) is 4.79 Å². The van der Waals surface area contributed by atoms with Crippen molar-refractivity contribution >= 4 is 11.9 Å². The first-order valence-electron chi connectivity index (χ1n) is 9.77. The SMILES string of the molecule is O=C(COc1ccccc1)N1CC[C@@H](C2CCN(c3ncccn3)CC2)C1. The maximum absolute atomic E-state index is 12.5. The van der Waals surface area contributed by atoms with Crippen molar-refractivity contribution in [1.29, 1.82) is 0 Å². The lowest BCUT2D eigenvalue weighted by Gasteiger charge is -2.34. The Morgan fingerprint density at radius 2 is 1.67 bits per heavy atom. The highest BCUT2D eigenvalue weighted by Crippen LogP contribution is 2.32. The number of para-hydroxylation sites is 1. The molecule has 6 heteroatoms. The second-order valence-corrected chi connectivity index (χ2v) is 7.36. The van der Waals surface area contributed by atoms with Crippen molar-refractivity contribution in [3.63, 3.8) is 0 Å². The summed E-state index contributed by atoms with van der Waals surface area (Å²) in [6, 6.07) is 11.4. The summed E-state index contributed by atoms with van der Waals surface area (Å²) in [4.78, 5) is 25.4. The molecule has 6 nitrogen and oxygen atoms in total. The first-order valence-corrected chi connectivity index (χ1v) is 9.77. The van der Waals surface area contributed by atoms with Gasteiger partial charge >= 0.3 is 0 Å². The van der Waals surface area contributed by atoms with Crippen LogP contribution in [-0.2, 0) is 4.79 Å². The van der Waals surface area contributed by atoms with E-state index in [0.29, 0.717) is 11.8 Å². The summed E-state index contributed by atoms with van der Waals surface area (Å²) >= 11 is 0. The van der Waals surface area contributed by atoms with Gasteiger partial charge in [-0.15, -0.1) is 0 Å². The Balaban J connectivity index is 1.23. The van der Waals surface area contributed by atoms with Crippen molar-refractivity contribution in [2.45, 2.75) is 19.3 Å². The van der Waals surface area contributed by atoms with Crippen LogP contribution in [0.15, 0.2) is 48.8 Å². The molecule has 2 fully saturated rings. The van der Waals surface area contributed by atoms with Gasteiger partial charge in [-0.1, -0.05) is 18.2 Å². The zero-order valence-corrected chi connectivity index (χ0v) is 15.5. The number of likely N-dealkylation sites (tertiary alicyclic amines) is 1. The minimum absolute atomic E-state index is 0.0940. The van der Waals surface area contributed by atoms with Crippen molar-refractivity contribution in [2.75, 3.05) is 37.7 Å². The number of amides is 1. The molecule has 0 aliphatic carbocycles. The maximum atomic E-state index is 12.5. The molecule has 1 aromatic heterocycles. The van der Waals surface area contributed by atoms with E-state index in [2.05, 4.69) is 14.9 Å². The van der Waals surface area contributed by atoms with Crippen molar-refractivity contribution in [1.82, 2.24) is 14.9 Å². The Hall–Kier alpha value is -2.63. The minimum atomic E-state index is 0.0940. The van der Waals surface area contributed by atoms with Crippen LogP contribution >= 0.6 is 0 Å². The molecule has 142 valence electrons. The van der Waals surface area contributed by atoms with E-state index >= 15 is 0 Å². The van der Waals surface area contributed by atoms with E-state index in [1.54, 1.807) is 12.4 Å². The lowest BCUT2D eigenvalue weighted by atomic mass is 9.84. The zero-order valence-electron chi connectivity index (χ0n) is 15.5. The molecule has 0 N–H and O–H groups in total. The van der Waals surface area contributed by atoms with Gasteiger partial charge in [-0.2, -0.15) is 0 Å². The van der Waals surface area contributed by atoms with E-state index in [4.69, 9.17) is 4.74 Å². The van der Waals surface area contributed by atoms with Crippen molar-refractivity contribution in [3.8, 4) is 5.75 Å². The fourth-order valence-corrected chi connectivity index (χ4v) is 4.18. The molecule has 2 aliphatic heterocycles. The van der Waals surface area contributed by atoms with Crippen molar-refractivity contribution in [2.24, 2.45) is 11.8 Å². The molecule has 0 spiro atoms. The number of hydrogen-bond donors (Lipinski definition) is 0. The van der Waals surface area contributed by atoms with Gasteiger partial charge in [0.1, 0.15) is 5.75 Å². The zero-order chi connectivity index (χ0) is 18.5. The first-order chi connectivity index (χ1) is 13.3. The Labute approximate surface area is 160 Å².